The third-order valence-corrected chi connectivity index (χ3v) is 3.61. The van der Waals surface area contributed by atoms with E-state index in [1.165, 1.54) is 37.1 Å². The molecule has 1 aromatic carbocycles. The molecule has 96 valence electrons. The smallest absolute Gasteiger partial charge is 0.306 e. The Morgan fingerprint density at radius 3 is 2.94 bits per heavy atom. The first-order chi connectivity index (χ1) is 8.56. The summed E-state index contributed by atoms with van der Waals surface area (Å²) < 4.78 is 17.7. The monoisotopic (exact) mass is 267 g/mol. The predicted molar refractivity (Wildman–Crippen MR) is 68.5 cm³/mol. The van der Waals surface area contributed by atoms with Gasteiger partial charge in [-0.2, -0.15) is 17.0 Å². The molecule has 0 heterocycles. The highest BCUT2D eigenvalue weighted by atomic mass is 32.2. The molecule has 0 aliphatic carbocycles. The van der Waals surface area contributed by atoms with Gasteiger partial charge in [0.05, 0.1) is 25.2 Å². The van der Waals surface area contributed by atoms with Crippen molar-refractivity contribution in [1.82, 2.24) is 0 Å². The van der Waals surface area contributed by atoms with Crippen molar-refractivity contribution in [2.45, 2.75) is 24.3 Å². The zero-order valence-corrected chi connectivity index (χ0v) is 11.1. The Morgan fingerprint density at radius 1 is 1.61 bits per heavy atom. The first-order valence-corrected chi connectivity index (χ1v) is 6.48. The van der Waals surface area contributed by atoms with Gasteiger partial charge in [0.2, 0.25) is 0 Å². The lowest BCUT2D eigenvalue weighted by molar-refractivity contribution is -0.140. The number of carbonyl (C=O) groups excluding carboxylic acids is 1. The number of rotatable bonds is 5. The van der Waals surface area contributed by atoms with Gasteiger partial charge >= 0.3 is 5.97 Å². The SMILES string of the molecule is COC(=O)CC(C)SCc1cc(F)ccc1C#N. The zero-order valence-electron chi connectivity index (χ0n) is 10.3. The molecule has 0 radical (unpaired) electrons. The number of esters is 1. The fourth-order valence-corrected chi connectivity index (χ4v) is 2.36. The van der Waals surface area contributed by atoms with Crippen LogP contribution in [-0.2, 0) is 15.3 Å². The van der Waals surface area contributed by atoms with Crippen LogP contribution in [0.25, 0.3) is 0 Å². The van der Waals surface area contributed by atoms with Crippen LogP contribution in [0.5, 0.6) is 0 Å². The van der Waals surface area contributed by atoms with Crippen LogP contribution < -0.4 is 0 Å². The van der Waals surface area contributed by atoms with Crippen LogP contribution in [0.2, 0.25) is 0 Å². The molecule has 0 N–H and O–H groups in total. The Hall–Kier alpha value is -1.54. The molecule has 0 spiro atoms. The second kappa shape index (κ2) is 7.02. The molecule has 0 saturated carbocycles. The summed E-state index contributed by atoms with van der Waals surface area (Å²) in [5, 5.41) is 8.96. The van der Waals surface area contributed by atoms with Gasteiger partial charge in [-0.05, 0) is 23.8 Å². The average Bonchev–Trinajstić information content (AvgIpc) is 2.36. The summed E-state index contributed by atoms with van der Waals surface area (Å²) in [6, 6.07) is 6.12. The fraction of sp³-hybridized carbons (Fsp3) is 0.385. The Labute approximate surface area is 110 Å². The van der Waals surface area contributed by atoms with Crippen LogP contribution in [0.4, 0.5) is 4.39 Å². The highest BCUT2D eigenvalue weighted by molar-refractivity contribution is 7.99. The molecule has 1 unspecified atom stereocenters. The van der Waals surface area contributed by atoms with Crippen LogP contribution in [0.15, 0.2) is 18.2 Å². The number of carbonyl (C=O) groups is 1. The number of hydrogen-bond donors (Lipinski definition) is 0. The number of hydrogen-bond acceptors (Lipinski definition) is 4. The number of halogens is 1. The van der Waals surface area contributed by atoms with Crippen LogP contribution >= 0.6 is 11.8 Å². The minimum atomic E-state index is -0.356. The third kappa shape index (κ3) is 4.38. The summed E-state index contributed by atoms with van der Waals surface area (Å²) in [7, 11) is 1.35. The van der Waals surface area contributed by atoms with Gasteiger partial charge in [0.15, 0.2) is 0 Å². The van der Waals surface area contributed by atoms with Gasteiger partial charge in [0, 0.05) is 11.0 Å². The van der Waals surface area contributed by atoms with Crippen molar-refractivity contribution in [3.63, 3.8) is 0 Å². The van der Waals surface area contributed by atoms with Crippen molar-refractivity contribution >= 4 is 17.7 Å². The molecule has 0 saturated heterocycles. The number of nitriles is 1. The van der Waals surface area contributed by atoms with Gasteiger partial charge in [-0.3, -0.25) is 4.79 Å². The van der Waals surface area contributed by atoms with Gasteiger partial charge in [-0.15, -0.1) is 0 Å². The maximum atomic E-state index is 13.1. The predicted octanol–water partition coefficient (Wildman–Crippen LogP) is 2.88. The topological polar surface area (TPSA) is 50.1 Å². The molecule has 3 nitrogen and oxygen atoms in total. The first-order valence-electron chi connectivity index (χ1n) is 5.43. The van der Waals surface area contributed by atoms with Crippen molar-refractivity contribution in [2.24, 2.45) is 0 Å². The van der Waals surface area contributed by atoms with Gasteiger partial charge in [0.25, 0.3) is 0 Å². The number of thioether (sulfide) groups is 1. The lowest BCUT2D eigenvalue weighted by Gasteiger charge is -2.10. The Morgan fingerprint density at radius 2 is 2.33 bits per heavy atom. The van der Waals surface area contributed by atoms with Crippen molar-refractivity contribution < 1.29 is 13.9 Å². The van der Waals surface area contributed by atoms with E-state index in [9.17, 15) is 9.18 Å². The highest BCUT2D eigenvalue weighted by Crippen LogP contribution is 2.23. The lowest BCUT2D eigenvalue weighted by atomic mass is 10.1. The highest BCUT2D eigenvalue weighted by Gasteiger charge is 2.11. The molecular formula is C13H14FNO2S. The molecule has 5 heteroatoms. The van der Waals surface area contributed by atoms with E-state index < -0.39 is 0 Å². The third-order valence-electron chi connectivity index (χ3n) is 2.39. The Bertz CT molecular complexity index is 471. The molecule has 18 heavy (non-hydrogen) atoms. The van der Waals surface area contributed by atoms with Crippen LogP contribution in [-0.4, -0.2) is 18.3 Å². The fourth-order valence-electron chi connectivity index (χ4n) is 1.40. The molecule has 0 amide bonds. The zero-order chi connectivity index (χ0) is 13.5. The van der Waals surface area contributed by atoms with E-state index >= 15 is 0 Å². The molecular weight excluding hydrogens is 253 g/mol. The second-order valence-corrected chi connectivity index (χ2v) is 5.24. The van der Waals surface area contributed by atoms with Gasteiger partial charge < -0.3 is 4.74 Å². The van der Waals surface area contributed by atoms with Gasteiger partial charge in [0.1, 0.15) is 5.82 Å². The maximum absolute atomic E-state index is 13.1. The molecule has 1 rings (SSSR count). The summed E-state index contributed by atoms with van der Waals surface area (Å²) in [5.41, 5.74) is 1.12. The number of nitrogens with zero attached hydrogens (tertiary/aromatic N) is 1. The molecule has 1 aromatic rings. The van der Waals surface area contributed by atoms with E-state index in [-0.39, 0.29) is 17.0 Å². The van der Waals surface area contributed by atoms with Crippen molar-refractivity contribution in [3.8, 4) is 6.07 Å². The van der Waals surface area contributed by atoms with E-state index in [2.05, 4.69) is 4.74 Å². The van der Waals surface area contributed by atoms with E-state index in [4.69, 9.17) is 5.26 Å². The van der Waals surface area contributed by atoms with E-state index in [0.717, 1.165) is 0 Å². The minimum absolute atomic E-state index is 0.0623. The molecule has 0 fully saturated rings. The minimum Gasteiger partial charge on any atom is -0.469 e. The van der Waals surface area contributed by atoms with E-state index in [1.54, 1.807) is 0 Å². The summed E-state index contributed by atoms with van der Waals surface area (Å²) in [6.07, 6.45) is 0.304. The Kier molecular flexibility index (Phi) is 5.66. The van der Waals surface area contributed by atoms with Gasteiger partial charge in [-0.1, -0.05) is 6.92 Å². The second-order valence-electron chi connectivity index (χ2n) is 3.82. The largest absolute Gasteiger partial charge is 0.469 e. The van der Waals surface area contributed by atoms with Gasteiger partial charge in [-0.25, -0.2) is 4.39 Å². The summed E-state index contributed by atoms with van der Waals surface area (Å²) in [4.78, 5) is 11.1. The number of ether oxygens (including phenoxy) is 1. The van der Waals surface area contributed by atoms with Crippen molar-refractivity contribution in [2.75, 3.05) is 7.11 Å². The standard InChI is InChI=1S/C13H14FNO2S/c1-9(5-13(16)17-2)18-8-11-6-12(14)4-3-10(11)7-15/h3-4,6,9H,5,8H2,1-2H3. The summed E-state index contributed by atoms with van der Waals surface area (Å²) >= 11 is 1.49. The van der Waals surface area contributed by atoms with Crippen LogP contribution in [0, 0.1) is 17.1 Å². The first kappa shape index (κ1) is 14.5. The van der Waals surface area contributed by atoms with E-state index in [1.807, 2.05) is 13.0 Å². The molecule has 0 aromatic heterocycles. The number of benzene rings is 1. The molecule has 0 aliphatic heterocycles. The lowest BCUT2D eigenvalue weighted by Crippen LogP contribution is -2.08. The number of methoxy groups -OCH3 is 1. The van der Waals surface area contributed by atoms with Crippen LogP contribution in [0.1, 0.15) is 24.5 Å². The van der Waals surface area contributed by atoms with Crippen molar-refractivity contribution in [3.05, 3.63) is 35.1 Å². The maximum Gasteiger partial charge on any atom is 0.306 e. The molecule has 1 atom stereocenters. The normalized spacial score (nSPS) is 11.7. The van der Waals surface area contributed by atoms with Crippen molar-refractivity contribution in [1.29, 1.82) is 5.26 Å². The Balaban J connectivity index is 2.60. The summed E-state index contributed by atoms with van der Waals surface area (Å²) in [6.45, 7) is 1.90. The van der Waals surface area contributed by atoms with Crippen LogP contribution in [0.3, 0.4) is 0 Å². The molecule has 0 aliphatic rings. The van der Waals surface area contributed by atoms with E-state index in [0.29, 0.717) is 23.3 Å². The quantitative estimate of drug-likeness (QED) is 0.770. The molecule has 0 bridgehead atoms. The average molecular weight is 267 g/mol. The summed E-state index contributed by atoms with van der Waals surface area (Å²) in [5.74, 6) is -0.126.